The van der Waals surface area contributed by atoms with E-state index < -0.39 is 5.97 Å². The topological polar surface area (TPSA) is 83.9 Å². The molecule has 0 radical (unpaired) electrons. The standard InChI is InChI=1S/C18H25NO5/c1-4-13(2)19(12-18(22)23)17(21)9-6-10-24-16-8-5-7-15(11-16)14(3)20/h5,7-8,11,13H,4,6,9-10,12H2,1-3H3,(H,22,23). The quantitative estimate of drug-likeness (QED) is 0.525. The molecule has 0 aromatic heterocycles. The Hall–Kier alpha value is -2.37. The van der Waals surface area contributed by atoms with Crippen LogP contribution in [-0.4, -0.2) is 46.9 Å². The molecule has 6 heteroatoms. The van der Waals surface area contributed by atoms with Gasteiger partial charge in [0.15, 0.2) is 5.78 Å². The lowest BCUT2D eigenvalue weighted by Gasteiger charge is -2.27. The molecule has 6 nitrogen and oxygen atoms in total. The van der Waals surface area contributed by atoms with Crippen LogP contribution in [0.2, 0.25) is 0 Å². The van der Waals surface area contributed by atoms with Gasteiger partial charge in [-0.3, -0.25) is 14.4 Å². The van der Waals surface area contributed by atoms with Crippen LogP contribution in [0.3, 0.4) is 0 Å². The third kappa shape index (κ3) is 6.40. The minimum atomic E-state index is -1.01. The molecule has 1 rings (SSSR count). The van der Waals surface area contributed by atoms with Crippen molar-refractivity contribution in [1.82, 2.24) is 4.90 Å². The van der Waals surface area contributed by atoms with Gasteiger partial charge in [-0.2, -0.15) is 0 Å². The van der Waals surface area contributed by atoms with E-state index in [4.69, 9.17) is 9.84 Å². The molecule has 1 aromatic carbocycles. The fraction of sp³-hybridized carbons (Fsp3) is 0.500. The largest absolute Gasteiger partial charge is 0.494 e. The highest BCUT2D eigenvalue weighted by atomic mass is 16.5. The fourth-order valence-electron chi connectivity index (χ4n) is 2.22. The lowest BCUT2D eigenvalue weighted by Crippen LogP contribution is -2.41. The van der Waals surface area contributed by atoms with Crippen molar-refractivity contribution >= 4 is 17.7 Å². The number of nitrogens with zero attached hydrogens (tertiary/aromatic N) is 1. The molecular formula is C18H25NO5. The Morgan fingerprint density at radius 1 is 1.29 bits per heavy atom. The molecule has 0 saturated heterocycles. The number of ketones is 1. The number of aliphatic carboxylic acids is 1. The number of carbonyl (C=O) groups is 3. The van der Waals surface area contributed by atoms with E-state index >= 15 is 0 Å². The smallest absolute Gasteiger partial charge is 0.323 e. The average Bonchev–Trinajstić information content (AvgIpc) is 2.55. The van der Waals surface area contributed by atoms with Gasteiger partial charge in [0.25, 0.3) is 0 Å². The molecule has 0 fully saturated rings. The van der Waals surface area contributed by atoms with Crippen LogP contribution in [0, 0.1) is 0 Å². The van der Waals surface area contributed by atoms with Crippen molar-refractivity contribution in [3.05, 3.63) is 29.8 Å². The first kappa shape index (κ1) is 19.7. The zero-order valence-electron chi connectivity index (χ0n) is 14.4. The molecule has 1 aromatic rings. The third-order valence-corrected chi connectivity index (χ3v) is 3.79. The lowest BCUT2D eigenvalue weighted by molar-refractivity contribution is -0.146. The number of Topliss-reactive ketones (excluding diaryl/α,β-unsaturated/α-hetero) is 1. The summed E-state index contributed by atoms with van der Waals surface area (Å²) in [4.78, 5) is 35.8. The number of carboxylic acids is 1. The van der Waals surface area contributed by atoms with E-state index in [1.54, 1.807) is 24.3 Å². The minimum absolute atomic E-state index is 0.0338. The second-order valence-corrected chi connectivity index (χ2v) is 5.71. The van der Waals surface area contributed by atoms with Crippen LogP contribution < -0.4 is 4.74 Å². The summed E-state index contributed by atoms with van der Waals surface area (Å²) in [6.45, 7) is 5.29. The van der Waals surface area contributed by atoms with E-state index in [-0.39, 0.29) is 30.7 Å². The van der Waals surface area contributed by atoms with Crippen LogP contribution in [0.25, 0.3) is 0 Å². The lowest BCUT2D eigenvalue weighted by atomic mass is 10.1. The first-order valence-corrected chi connectivity index (χ1v) is 8.10. The van der Waals surface area contributed by atoms with E-state index in [0.29, 0.717) is 30.8 Å². The maximum Gasteiger partial charge on any atom is 0.323 e. The van der Waals surface area contributed by atoms with Crippen molar-refractivity contribution in [3.8, 4) is 5.75 Å². The number of rotatable bonds is 10. The van der Waals surface area contributed by atoms with Crippen molar-refractivity contribution in [3.63, 3.8) is 0 Å². The van der Waals surface area contributed by atoms with Crippen LogP contribution in [0.5, 0.6) is 5.75 Å². The normalized spacial score (nSPS) is 11.6. The Morgan fingerprint density at radius 2 is 2.00 bits per heavy atom. The molecule has 0 aliphatic rings. The number of amides is 1. The molecule has 132 valence electrons. The van der Waals surface area contributed by atoms with E-state index in [9.17, 15) is 14.4 Å². The van der Waals surface area contributed by atoms with Crippen molar-refractivity contribution in [2.75, 3.05) is 13.2 Å². The van der Waals surface area contributed by atoms with Crippen molar-refractivity contribution in [2.45, 2.75) is 46.1 Å². The van der Waals surface area contributed by atoms with Crippen molar-refractivity contribution in [1.29, 1.82) is 0 Å². The monoisotopic (exact) mass is 335 g/mol. The molecule has 1 amide bonds. The van der Waals surface area contributed by atoms with Gasteiger partial charge in [0.05, 0.1) is 6.61 Å². The summed E-state index contributed by atoms with van der Waals surface area (Å²) in [6.07, 6.45) is 1.41. The Bertz CT molecular complexity index is 585. The number of ether oxygens (including phenoxy) is 1. The minimum Gasteiger partial charge on any atom is -0.494 e. The molecule has 0 spiro atoms. The summed E-state index contributed by atoms with van der Waals surface area (Å²) in [6, 6.07) is 6.77. The van der Waals surface area contributed by atoms with Crippen molar-refractivity contribution < 1.29 is 24.2 Å². The van der Waals surface area contributed by atoms with Gasteiger partial charge in [0, 0.05) is 18.0 Å². The number of benzene rings is 1. The predicted octanol–water partition coefficient (Wildman–Crippen LogP) is 2.76. The van der Waals surface area contributed by atoms with E-state index in [1.165, 1.54) is 11.8 Å². The predicted molar refractivity (Wildman–Crippen MR) is 90.3 cm³/mol. The van der Waals surface area contributed by atoms with Gasteiger partial charge in [-0.25, -0.2) is 0 Å². The first-order chi connectivity index (χ1) is 11.3. The summed E-state index contributed by atoms with van der Waals surface area (Å²) >= 11 is 0. The molecular weight excluding hydrogens is 310 g/mol. The zero-order valence-corrected chi connectivity index (χ0v) is 14.4. The number of carboxylic acid groups (broad SMARTS) is 1. The average molecular weight is 335 g/mol. The Kier molecular flexibility index (Phi) is 7.95. The molecule has 0 saturated carbocycles. The highest BCUT2D eigenvalue weighted by molar-refractivity contribution is 5.94. The Balaban J connectivity index is 2.48. The highest BCUT2D eigenvalue weighted by Gasteiger charge is 2.20. The molecule has 1 atom stereocenters. The molecule has 0 aliphatic heterocycles. The van der Waals surface area contributed by atoms with Gasteiger partial charge < -0.3 is 14.7 Å². The van der Waals surface area contributed by atoms with Crippen LogP contribution in [-0.2, 0) is 9.59 Å². The maximum atomic E-state index is 12.2. The van der Waals surface area contributed by atoms with Crippen molar-refractivity contribution in [2.24, 2.45) is 0 Å². The van der Waals surface area contributed by atoms with Gasteiger partial charge >= 0.3 is 5.97 Å². The fourth-order valence-corrected chi connectivity index (χ4v) is 2.22. The van der Waals surface area contributed by atoms with Gasteiger partial charge in [-0.15, -0.1) is 0 Å². The Labute approximate surface area is 142 Å². The summed E-state index contributed by atoms with van der Waals surface area (Å²) in [7, 11) is 0. The Morgan fingerprint density at radius 3 is 2.58 bits per heavy atom. The maximum absolute atomic E-state index is 12.2. The van der Waals surface area contributed by atoms with E-state index in [2.05, 4.69) is 0 Å². The zero-order chi connectivity index (χ0) is 18.1. The van der Waals surface area contributed by atoms with Gasteiger partial charge in [-0.05, 0) is 38.8 Å². The number of carbonyl (C=O) groups excluding carboxylic acids is 2. The number of hydrogen-bond acceptors (Lipinski definition) is 4. The van der Waals surface area contributed by atoms with Gasteiger partial charge in [0.2, 0.25) is 5.91 Å². The summed E-state index contributed by atoms with van der Waals surface area (Å²) in [5, 5.41) is 8.92. The number of hydrogen-bond donors (Lipinski definition) is 1. The SMILES string of the molecule is CCC(C)N(CC(=O)O)C(=O)CCCOc1cccc(C(C)=O)c1. The molecule has 0 aliphatic carbocycles. The first-order valence-electron chi connectivity index (χ1n) is 8.10. The van der Waals surface area contributed by atoms with E-state index in [0.717, 1.165) is 0 Å². The second-order valence-electron chi connectivity index (χ2n) is 5.71. The summed E-state index contributed by atoms with van der Waals surface area (Å²) < 4.78 is 5.56. The van der Waals surface area contributed by atoms with Crippen LogP contribution in [0.1, 0.15) is 50.4 Å². The molecule has 24 heavy (non-hydrogen) atoms. The third-order valence-electron chi connectivity index (χ3n) is 3.79. The van der Waals surface area contributed by atoms with Crippen LogP contribution >= 0.6 is 0 Å². The van der Waals surface area contributed by atoms with Gasteiger partial charge in [-0.1, -0.05) is 19.1 Å². The highest BCUT2D eigenvalue weighted by Crippen LogP contribution is 2.14. The molecule has 0 bridgehead atoms. The summed E-state index contributed by atoms with van der Waals surface area (Å²) in [5.74, 6) is -0.651. The second kappa shape index (κ2) is 9.70. The van der Waals surface area contributed by atoms with Gasteiger partial charge in [0.1, 0.15) is 12.3 Å². The molecule has 1 N–H and O–H groups in total. The summed E-state index contributed by atoms with van der Waals surface area (Å²) in [5.41, 5.74) is 0.577. The van der Waals surface area contributed by atoms with Crippen LogP contribution in [0.15, 0.2) is 24.3 Å². The molecule has 1 unspecified atom stereocenters. The molecule has 0 heterocycles. The van der Waals surface area contributed by atoms with Crippen LogP contribution in [0.4, 0.5) is 0 Å². The van der Waals surface area contributed by atoms with E-state index in [1.807, 2.05) is 13.8 Å².